The zero-order valence-corrected chi connectivity index (χ0v) is 5.09. The molecule has 0 saturated carbocycles. The maximum absolute atomic E-state index is 3.44. The van der Waals surface area contributed by atoms with Gasteiger partial charge in [0.15, 0.2) is 0 Å². The van der Waals surface area contributed by atoms with E-state index in [-0.39, 0.29) is 19.8 Å². The number of halogens is 1. The van der Waals surface area contributed by atoms with E-state index in [1.165, 1.54) is 0 Å². The molecule has 0 aromatic rings. The summed E-state index contributed by atoms with van der Waals surface area (Å²) in [6, 6.07) is 0. The van der Waals surface area contributed by atoms with Crippen molar-refractivity contribution in [3.8, 4) is 0 Å². The zero-order chi connectivity index (χ0) is 3.41. The Hall–Kier alpha value is 0.692. The van der Waals surface area contributed by atoms with E-state index >= 15 is 0 Å². The Kier molecular flexibility index (Phi) is 45.8. The largest absolute Gasteiger partial charge is 0.147 e. The third-order valence-electron chi connectivity index (χ3n) is 0.0913. The van der Waals surface area contributed by atoms with Crippen molar-refractivity contribution in [2.45, 2.75) is 12.3 Å². The predicted octanol–water partition coefficient (Wildman–Crippen LogP) is 2.20. The second-order valence-electron chi connectivity index (χ2n) is 0.418. The topological polar surface area (TPSA) is 0 Å². The summed E-state index contributed by atoms with van der Waals surface area (Å²) >= 11 is 2.92. The van der Waals surface area contributed by atoms with E-state index in [9.17, 15) is 0 Å². The van der Waals surface area contributed by atoms with E-state index in [0.717, 1.165) is 4.89 Å². The summed E-state index contributed by atoms with van der Waals surface area (Å²) < 4.78 is 0. The smallest absolute Gasteiger partial charge is 0.147 e. The molecule has 0 aromatic heterocycles. The number of hydrogen-bond acceptors (Lipinski definition) is 0. The minimum atomic E-state index is 0. The Morgan fingerprint density at radius 3 is 1.83 bits per heavy atom. The van der Waals surface area contributed by atoms with Gasteiger partial charge in [-0.3, -0.25) is 0 Å². The van der Waals surface area contributed by atoms with Gasteiger partial charge in [-0.05, 0) is 0 Å². The average Bonchev–Trinajstić information content (AvgIpc) is 1.37. The van der Waals surface area contributed by atoms with Crippen molar-refractivity contribution in [3.05, 3.63) is 12.7 Å². The maximum Gasteiger partial charge on any atom is -0.147 e. The monoisotopic (exact) mass is 199 g/mol. The molecule has 0 aliphatic heterocycles. The summed E-state index contributed by atoms with van der Waals surface area (Å²) in [6.07, 6.45) is 1.81. The Morgan fingerprint density at radius 1 is 1.67 bits per heavy atom. The Morgan fingerprint density at radius 2 is 1.83 bits per heavy atom. The van der Waals surface area contributed by atoms with Crippen molar-refractivity contribution in [2.24, 2.45) is 0 Å². The van der Waals surface area contributed by atoms with Crippen molar-refractivity contribution in [1.29, 1.82) is 0 Å². The third-order valence-corrected chi connectivity index (χ3v) is 0.540. The standard InChI is InChI=1S/C3H5.CH4.ClH.Pd/c1-3-2;;;/h3H,1-2H2;1H4;1H;. The van der Waals surface area contributed by atoms with Crippen LogP contribution in [0.25, 0.3) is 0 Å². The minimum absolute atomic E-state index is 0. The molecule has 2 heteroatoms. The normalized spacial score (nSPS) is 4.33. The Balaban J connectivity index is -0.0000000450. The Labute approximate surface area is 56.8 Å². The first-order chi connectivity index (χ1) is 1.91. The SMILES string of the molecule is C.C=C[CH2][Pd].Cl. The summed E-state index contributed by atoms with van der Waals surface area (Å²) in [5, 5.41) is 0. The van der Waals surface area contributed by atoms with Gasteiger partial charge in [-0.2, -0.15) is 0 Å². The summed E-state index contributed by atoms with van der Waals surface area (Å²) in [6.45, 7) is 3.44. The van der Waals surface area contributed by atoms with Gasteiger partial charge in [0.05, 0.1) is 0 Å². The molecule has 0 aromatic carbocycles. The van der Waals surface area contributed by atoms with Crippen LogP contribution in [-0.2, 0) is 19.2 Å². The number of rotatable bonds is 1. The van der Waals surface area contributed by atoms with Crippen molar-refractivity contribution in [3.63, 3.8) is 0 Å². The number of hydrogen-bond donors (Lipinski definition) is 0. The molecule has 0 heterocycles. The fourth-order valence-electron chi connectivity index (χ4n) is 0. The van der Waals surface area contributed by atoms with Gasteiger partial charge in [0, 0.05) is 0 Å². The van der Waals surface area contributed by atoms with Crippen LogP contribution in [0.3, 0.4) is 0 Å². The van der Waals surface area contributed by atoms with Gasteiger partial charge in [-0.15, -0.1) is 12.4 Å². The van der Waals surface area contributed by atoms with Gasteiger partial charge in [0.1, 0.15) is 0 Å². The molecular weight excluding hydrogens is 190 g/mol. The van der Waals surface area contributed by atoms with Crippen LogP contribution < -0.4 is 0 Å². The molecular formula is C4H10ClPd. The van der Waals surface area contributed by atoms with Gasteiger partial charge < -0.3 is 0 Å². The van der Waals surface area contributed by atoms with Crippen LogP contribution in [-0.4, -0.2) is 0 Å². The predicted molar refractivity (Wildman–Crippen MR) is 29.0 cm³/mol. The van der Waals surface area contributed by atoms with Gasteiger partial charge in [-0.1, -0.05) is 7.43 Å². The molecule has 0 radical (unpaired) electrons. The van der Waals surface area contributed by atoms with Crippen LogP contribution in [0.5, 0.6) is 0 Å². The molecule has 0 aliphatic carbocycles. The van der Waals surface area contributed by atoms with Crippen LogP contribution in [0.2, 0.25) is 4.89 Å². The number of allylic oxidation sites excluding steroid dienone is 1. The van der Waals surface area contributed by atoms with E-state index < -0.39 is 0 Å². The molecule has 0 bridgehead atoms. The molecule has 0 saturated heterocycles. The van der Waals surface area contributed by atoms with E-state index in [0.29, 0.717) is 0 Å². The van der Waals surface area contributed by atoms with E-state index in [2.05, 4.69) is 25.8 Å². The zero-order valence-electron chi connectivity index (χ0n) is 2.72. The minimum Gasteiger partial charge on any atom is -0.147 e. The van der Waals surface area contributed by atoms with Crippen molar-refractivity contribution < 1.29 is 19.2 Å². The first-order valence-corrected chi connectivity index (χ1v) is 2.14. The average molecular weight is 200 g/mol. The van der Waals surface area contributed by atoms with E-state index in [4.69, 9.17) is 0 Å². The molecule has 0 amide bonds. The fraction of sp³-hybridized carbons (Fsp3) is 0.500. The fourth-order valence-corrected chi connectivity index (χ4v) is 0. The molecule has 0 spiro atoms. The van der Waals surface area contributed by atoms with Crippen LogP contribution in [0.4, 0.5) is 0 Å². The van der Waals surface area contributed by atoms with Crippen LogP contribution in [0.1, 0.15) is 7.43 Å². The molecule has 6 heavy (non-hydrogen) atoms. The third kappa shape index (κ3) is 22.3. The summed E-state index contributed by atoms with van der Waals surface area (Å²) in [5.41, 5.74) is 0. The van der Waals surface area contributed by atoms with Crippen LogP contribution in [0.15, 0.2) is 12.7 Å². The second kappa shape index (κ2) is 17.3. The molecule has 0 aliphatic rings. The molecule has 0 nitrogen and oxygen atoms in total. The summed E-state index contributed by atoms with van der Waals surface area (Å²) in [5.74, 6) is 0. The van der Waals surface area contributed by atoms with Crippen molar-refractivity contribution in [2.75, 3.05) is 0 Å². The molecule has 0 atom stereocenters. The van der Waals surface area contributed by atoms with E-state index in [1.54, 1.807) is 0 Å². The van der Waals surface area contributed by atoms with Gasteiger partial charge >= 0.3 is 36.8 Å². The molecule has 0 unspecified atom stereocenters. The van der Waals surface area contributed by atoms with Gasteiger partial charge in [0.2, 0.25) is 0 Å². The van der Waals surface area contributed by atoms with Crippen LogP contribution in [0, 0.1) is 0 Å². The van der Waals surface area contributed by atoms with Crippen molar-refractivity contribution in [1.82, 2.24) is 0 Å². The molecule has 0 N–H and O–H groups in total. The second-order valence-corrected chi connectivity index (χ2v) is 1.05. The maximum atomic E-state index is 3.44. The molecule has 0 rings (SSSR count). The summed E-state index contributed by atoms with van der Waals surface area (Å²) in [4.78, 5) is 0.933. The van der Waals surface area contributed by atoms with E-state index in [1.807, 2.05) is 6.08 Å². The van der Waals surface area contributed by atoms with Crippen molar-refractivity contribution >= 4 is 12.4 Å². The van der Waals surface area contributed by atoms with Crippen LogP contribution >= 0.6 is 12.4 Å². The first-order valence-electron chi connectivity index (χ1n) is 1.04. The first kappa shape index (κ1) is 15.9. The van der Waals surface area contributed by atoms with Gasteiger partial charge in [0.25, 0.3) is 0 Å². The van der Waals surface area contributed by atoms with Gasteiger partial charge in [-0.25, -0.2) is 0 Å². The quantitative estimate of drug-likeness (QED) is 0.449. The molecule has 43 valence electrons. The molecule has 0 fully saturated rings. The Bertz CT molecular complexity index is 21.5. The summed E-state index contributed by atoms with van der Waals surface area (Å²) in [7, 11) is 0.